The lowest BCUT2D eigenvalue weighted by Gasteiger charge is -2.26. The molecule has 0 saturated carbocycles. The smallest absolute Gasteiger partial charge is 0.305 e. The van der Waals surface area contributed by atoms with E-state index in [9.17, 15) is 4.79 Å². The van der Waals surface area contributed by atoms with Crippen molar-refractivity contribution in [2.45, 2.75) is 12.8 Å². The van der Waals surface area contributed by atoms with Crippen LogP contribution >= 0.6 is 11.6 Å². The predicted octanol–water partition coefficient (Wildman–Crippen LogP) is 2.46. The van der Waals surface area contributed by atoms with Crippen LogP contribution in [0, 0.1) is 0 Å². The van der Waals surface area contributed by atoms with E-state index in [4.69, 9.17) is 16.7 Å². The predicted molar refractivity (Wildman–Crippen MR) is 73.8 cm³/mol. The Balaban J connectivity index is 2.32. The zero-order valence-electron chi connectivity index (χ0n) is 10.4. The molecule has 0 amide bonds. The molecule has 0 radical (unpaired) electrons. The van der Waals surface area contributed by atoms with Gasteiger partial charge < -0.3 is 14.9 Å². The summed E-state index contributed by atoms with van der Waals surface area (Å²) in [5.74, 6) is -0.777. The van der Waals surface area contributed by atoms with E-state index in [-0.39, 0.29) is 6.42 Å². The van der Waals surface area contributed by atoms with Crippen LogP contribution in [-0.4, -0.2) is 37.8 Å². The number of carboxylic acid groups (broad SMARTS) is 1. The van der Waals surface area contributed by atoms with Gasteiger partial charge in [0, 0.05) is 26.7 Å². The second-order valence-corrected chi connectivity index (χ2v) is 4.92. The van der Waals surface area contributed by atoms with Crippen LogP contribution < -0.4 is 9.80 Å². The second-order valence-electron chi connectivity index (χ2n) is 4.51. The SMILES string of the molecule is CN1CCCN(CCC(=O)O)c2c(Cl)cccc21. The average molecular weight is 269 g/mol. The third-order valence-electron chi connectivity index (χ3n) is 3.21. The van der Waals surface area contributed by atoms with Crippen LogP contribution in [-0.2, 0) is 4.79 Å². The average Bonchev–Trinajstić information content (AvgIpc) is 2.48. The number of benzene rings is 1. The first-order valence-electron chi connectivity index (χ1n) is 6.06. The zero-order valence-corrected chi connectivity index (χ0v) is 11.2. The van der Waals surface area contributed by atoms with Crippen molar-refractivity contribution in [1.29, 1.82) is 0 Å². The van der Waals surface area contributed by atoms with Crippen molar-refractivity contribution in [2.24, 2.45) is 0 Å². The Morgan fingerprint density at radius 1 is 1.44 bits per heavy atom. The largest absolute Gasteiger partial charge is 0.481 e. The molecule has 18 heavy (non-hydrogen) atoms. The first-order chi connectivity index (χ1) is 8.59. The van der Waals surface area contributed by atoms with Crippen LogP contribution in [0.2, 0.25) is 5.02 Å². The normalized spacial score (nSPS) is 15.2. The number of carbonyl (C=O) groups is 1. The fraction of sp³-hybridized carbons (Fsp3) is 0.462. The Morgan fingerprint density at radius 3 is 2.94 bits per heavy atom. The van der Waals surface area contributed by atoms with E-state index in [0.29, 0.717) is 11.6 Å². The molecule has 1 N–H and O–H groups in total. The third-order valence-corrected chi connectivity index (χ3v) is 3.52. The number of nitrogens with zero attached hydrogens (tertiary/aromatic N) is 2. The fourth-order valence-corrected chi connectivity index (χ4v) is 2.60. The van der Waals surface area contributed by atoms with E-state index in [1.807, 2.05) is 25.2 Å². The number of carboxylic acids is 1. The maximum absolute atomic E-state index is 10.7. The van der Waals surface area contributed by atoms with Gasteiger partial charge in [0.1, 0.15) is 0 Å². The monoisotopic (exact) mass is 268 g/mol. The molecule has 1 aromatic carbocycles. The number of halogens is 1. The van der Waals surface area contributed by atoms with Gasteiger partial charge in [-0.1, -0.05) is 17.7 Å². The van der Waals surface area contributed by atoms with Crippen LogP contribution in [0.1, 0.15) is 12.8 Å². The quantitative estimate of drug-likeness (QED) is 0.915. The zero-order chi connectivity index (χ0) is 13.1. The van der Waals surface area contributed by atoms with E-state index < -0.39 is 5.97 Å². The van der Waals surface area contributed by atoms with Gasteiger partial charge in [-0.2, -0.15) is 0 Å². The number of hydrogen-bond donors (Lipinski definition) is 1. The number of rotatable bonds is 3. The van der Waals surface area contributed by atoms with Crippen LogP contribution in [0.25, 0.3) is 0 Å². The number of anilines is 2. The lowest BCUT2D eigenvalue weighted by Crippen LogP contribution is -2.27. The highest BCUT2D eigenvalue weighted by Gasteiger charge is 2.21. The van der Waals surface area contributed by atoms with Crippen molar-refractivity contribution in [3.8, 4) is 0 Å². The van der Waals surface area contributed by atoms with Gasteiger partial charge in [0.15, 0.2) is 0 Å². The molecule has 0 aliphatic carbocycles. The molecule has 0 unspecified atom stereocenters. The van der Waals surface area contributed by atoms with E-state index in [1.54, 1.807) is 0 Å². The molecule has 1 aliphatic heterocycles. The summed E-state index contributed by atoms with van der Waals surface area (Å²) >= 11 is 6.27. The number of fused-ring (bicyclic) bond motifs is 1. The number of hydrogen-bond acceptors (Lipinski definition) is 3. The summed E-state index contributed by atoms with van der Waals surface area (Å²) in [5, 5.41) is 9.50. The van der Waals surface area contributed by atoms with Crippen molar-refractivity contribution in [3.05, 3.63) is 23.2 Å². The van der Waals surface area contributed by atoms with Gasteiger partial charge in [0.05, 0.1) is 22.8 Å². The first kappa shape index (κ1) is 13.0. The van der Waals surface area contributed by atoms with Crippen molar-refractivity contribution in [1.82, 2.24) is 0 Å². The van der Waals surface area contributed by atoms with Gasteiger partial charge >= 0.3 is 5.97 Å². The minimum absolute atomic E-state index is 0.133. The van der Waals surface area contributed by atoms with Crippen LogP contribution in [0.5, 0.6) is 0 Å². The molecule has 0 bridgehead atoms. The minimum Gasteiger partial charge on any atom is -0.481 e. The van der Waals surface area contributed by atoms with Crippen molar-refractivity contribution in [2.75, 3.05) is 36.5 Å². The standard InChI is InChI=1S/C13H17ClN2O2/c1-15-7-3-8-16(9-6-12(17)18)13-10(14)4-2-5-11(13)15/h2,4-5H,3,6-9H2,1H3,(H,17,18). The second kappa shape index (κ2) is 5.48. The molecular weight excluding hydrogens is 252 g/mol. The number of aliphatic carboxylic acids is 1. The van der Waals surface area contributed by atoms with Gasteiger partial charge in [0.25, 0.3) is 0 Å². The van der Waals surface area contributed by atoms with Gasteiger partial charge in [-0.05, 0) is 18.6 Å². The molecule has 2 rings (SSSR count). The maximum atomic E-state index is 10.7. The van der Waals surface area contributed by atoms with E-state index in [1.165, 1.54) is 0 Å². The molecule has 1 aromatic rings. The molecule has 0 fully saturated rings. The van der Waals surface area contributed by atoms with E-state index in [2.05, 4.69) is 9.80 Å². The number of para-hydroxylation sites is 1. The molecule has 4 nitrogen and oxygen atoms in total. The molecule has 0 atom stereocenters. The summed E-state index contributed by atoms with van der Waals surface area (Å²) in [6.07, 6.45) is 1.13. The van der Waals surface area contributed by atoms with Crippen LogP contribution in [0.15, 0.2) is 18.2 Å². The highest BCUT2D eigenvalue weighted by atomic mass is 35.5. The molecule has 0 aromatic heterocycles. The topological polar surface area (TPSA) is 43.8 Å². The van der Waals surface area contributed by atoms with Crippen molar-refractivity contribution < 1.29 is 9.90 Å². The van der Waals surface area contributed by atoms with Crippen molar-refractivity contribution >= 4 is 28.9 Å². The Bertz CT molecular complexity index is 451. The molecule has 1 aliphatic rings. The summed E-state index contributed by atoms with van der Waals surface area (Å²) < 4.78 is 0. The summed E-state index contributed by atoms with van der Waals surface area (Å²) in [7, 11) is 2.04. The molecule has 98 valence electrons. The Morgan fingerprint density at radius 2 is 2.22 bits per heavy atom. The molecular formula is C13H17ClN2O2. The Kier molecular flexibility index (Phi) is 3.97. The summed E-state index contributed by atoms with van der Waals surface area (Å²) in [4.78, 5) is 15.0. The lowest BCUT2D eigenvalue weighted by atomic mass is 10.2. The van der Waals surface area contributed by atoms with E-state index >= 15 is 0 Å². The van der Waals surface area contributed by atoms with Gasteiger partial charge in [-0.25, -0.2) is 0 Å². The Hall–Kier alpha value is -1.42. The minimum atomic E-state index is -0.777. The summed E-state index contributed by atoms with van der Waals surface area (Å²) in [6.45, 7) is 2.30. The lowest BCUT2D eigenvalue weighted by molar-refractivity contribution is -0.136. The molecule has 0 spiro atoms. The maximum Gasteiger partial charge on any atom is 0.305 e. The molecule has 1 heterocycles. The fourth-order valence-electron chi connectivity index (χ4n) is 2.31. The molecule has 5 heteroatoms. The van der Waals surface area contributed by atoms with Gasteiger partial charge in [-0.3, -0.25) is 4.79 Å². The van der Waals surface area contributed by atoms with E-state index in [0.717, 1.165) is 30.9 Å². The highest BCUT2D eigenvalue weighted by Crippen LogP contribution is 2.37. The highest BCUT2D eigenvalue weighted by molar-refractivity contribution is 6.34. The summed E-state index contributed by atoms with van der Waals surface area (Å²) in [6, 6.07) is 5.81. The van der Waals surface area contributed by atoms with Gasteiger partial charge in [0.2, 0.25) is 0 Å². The third kappa shape index (κ3) is 2.70. The Labute approximate surface area is 112 Å². The summed E-state index contributed by atoms with van der Waals surface area (Å²) in [5.41, 5.74) is 2.03. The van der Waals surface area contributed by atoms with Crippen LogP contribution in [0.3, 0.4) is 0 Å². The first-order valence-corrected chi connectivity index (χ1v) is 6.44. The van der Waals surface area contributed by atoms with Crippen molar-refractivity contribution in [3.63, 3.8) is 0 Å². The van der Waals surface area contributed by atoms with Crippen LogP contribution in [0.4, 0.5) is 11.4 Å². The van der Waals surface area contributed by atoms with Gasteiger partial charge in [-0.15, -0.1) is 0 Å². The molecule has 0 saturated heterocycles.